The predicted molar refractivity (Wildman–Crippen MR) is 94.6 cm³/mol. The molecule has 1 N–H and O–H groups in total. The molecule has 0 aliphatic carbocycles. The van der Waals surface area contributed by atoms with Gasteiger partial charge in [-0.15, -0.1) is 0 Å². The lowest BCUT2D eigenvalue weighted by Gasteiger charge is -2.16. The van der Waals surface area contributed by atoms with E-state index in [1.54, 1.807) is 18.2 Å². The molecule has 1 atom stereocenters. The summed E-state index contributed by atoms with van der Waals surface area (Å²) < 4.78 is 0. The fourth-order valence-corrected chi connectivity index (χ4v) is 2.53. The maximum atomic E-state index is 12.0. The van der Waals surface area contributed by atoms with Crippen molar-refractivity contribution in [1.82, 2.24) is 5.32 Å². The minimum atomic E-state index is -0.453. The summed E-state index contributed by atoms with van der Waals surface area (Å²) in [5.74, 6) is -0.208. The molecule has 5 heteroatoms. The van der Waals surface area contributed by atoms with E-state index >= 15 is 0 Å². The molecule has 0 aromatic heterocycles. The summed E-state index contributed by atoms with van der Waals surface area (Å²) in [6.07, 6.45) is 3.06. The molecular weight excluding hydrogens is 304 g/mol. The van der Waals surface area contributed by atoms with E-state index in [9.17, 15) is 14.9 Å². The van der Waals surface area contributed by atoms with Crippen LogP contribution in [0, 0.1) is 24.0 Å². The minimum absolute atomic E-state index is 0.0278. The van der Waals surface area contributed by atoms with E-state index in [0.29, 0.717) is 0 Å². The number of hydrogen-bond acceptors (Lipinski definition) is 3. The zero-order valence-corrected chi connectivity index (χ0v) is 13.9. The molecule has 0 bridgehead atoms. The van der Waals surface area contributed by atoms with E-state index in [4.69, 9.17) is 0 Å². The van der Waals surface area contributed by atoms with Crippen LogP contribution in [0.2, 0.25) is 0 Å². The number of hydrogen-bond donors (Lipinski definition) is 1. The van der Waals surface area contributed by atoms with E-state index in [0.717, 1.165) is 16.7 Å². The number of amides is 1. The van der Waals surface area contributed by atoms with Gasteiger partial charge in [0.15, 0.2) is 0 Å². The van der Waals surface area contributed by atoms with Crippen LogP contribution in [0.3, 0.4) is 0 Å². The summed E-state index contributed by atoms with van der Waals surface area (Å²) in [7, 11) is 0. The Morgan fingerprint density at radius 2 is 1.83 bits per heavy atom. The van der Waals surface area contributed by atoms with Crippen molar-refractivity contribution in [1.29, 1.82) is 0 Å². The highest BCUT2D eigenvalue weighted by Gasteiger charge is 2.10. The number of carbonyl (C=O) groups is 1. The lowest BCUT2D eigenvalue weighted by atomic mass is 10.0. The maximum Gasteiger partial charge on any atom is 0.269 e. The first-order chi connectivity index (χ1) is 11.4. The smallest absolute Gasteiger partial charge is 0.269 e. The number of nitro benzene ring substituents is 1. The number of carbonyl (C=O) groups excluding carboxylic acids is 1. The molecule has 2 rings (SSSR count). The number of nitrogens with zero attached hydrogens (tertiary/aromatic N) is 1. The highest BCUT2D eigenvalue weighted by Crippen LogP contribution is 2.18. The molecule has 0 aliphatic rings. The second-order valence-corrected chi connectivity index (χ2v) is 5.77. The Bertz CT molecular complexity index is 780. The molecule has 1 amide bonds. The number of nitrogens with one attached hydrogen (secondary N) is 1. The maximum absolute atomic E-state index is 12.0. The van der Waals surface area contributed by atoms with Gasteiger partial charge in [0.05, 0.1) is 11.0 Å². The first-order valence-electron chi connectivity index (χ1n) is 7.67. The summed E-state index contributed by atoms with van der Waals surface area (Å²) in [5, 5.41) is 13.5. The molecule has 124 valence electrons. The monoisotopic (exact) mass is 324 g/mol. The van der Waals surface area contributed by atoms with Gasteiger partial charge in [0, 0.05) is 18.2 Å². The first-order valence-corrected chi connectivity index (χ1v) is 7.67. The van der Waals surface area contributed by atoms with Crippen LogP contribution in [0.4, 0.5) is 5.69 Å². The van der Waals surface area contributed by atoms with Gasteiger partial charge >= 0.3 is 0 Å². The Morgan fingerprint density at radius 3 is 2.42 bits per heavy atom. The minimum Gasteiger partial charge on any atom is -0.346 e. The number of benzene rings is 2. The molecule has 0 fully saturated rings. The second kappa shape index (κ2) is 7.55. The van der Waals surface area contributed by atoms with Crippen molar-refractivity contribution < 1.29 is 9.72 Å². The van der Waals surface area contributed by atoms with E-state index < -0.39 is 4.92 Å². The zero-order valence-electron chi connectivity index (χ0n) is 13.9. The number of non-ortho nitro benzene ring substituents is 1. The van der Waals surface area contributed by atoms with Crippen molar-refractivity contribution in [3.63, 3.8) is 0 Å². The van der Waals surface area contributed by atoms with Gasteiger partial charge in [-0.2, -0.15) is 0 Å². The van der Waals surface area contributed by atoms with Crippen molar-refractivity contribution in [3.8, 4) is 0 Å². The van der Waals surface area contributed by atoms with Gasteiger partial charge in [0.25, 0.3) is 5.69 Å². The van der Waals surface area contributed by atoms with Gasteiger partial charge in [0.1, 0.15) is 0 Å². The molecule has 0 saturated heterocycles. The highest BCUT2D eigenvalue weighted by atomic mass is 16.6. The van der Waals surface area contributed by atoms with E-state index in [1.165, 1.54) is 23.8 Å². The van der Waals surface area contributed by atoms with E-state index in [2.05, 4.69) is 11.4 Å². The van der Waals surface area contributed by atoms with Crippen LogP contribution in [0.5, 0.6) is 0 Å². The number of aryl methyl sites for hydroxylation is 2. The molecule has 0 heterocycles. The van der Waals surface area contributed by atoms with Crippen molar-refractivity contribution in [2.45, 2.75) is 26.8 Å². The number of nitro groups is 1. The van der Waals surface area contributed by atoms with Crippen molar-refractivity contribution in [2.24, 2.45) is 0 Å². The topological polar surface area (TPSA) is 72.2 Å². The normalized spacial score (nSPS) is 12.1. The molecular formula is C19H20N2O3. The van der Waals surface area contributed by atoms with Crippen LogP contribution in [0.15, 0.2) is 48.5 Å². The van der Waals surface area contributed by atoms with Crippen LogP contribution in [-0.4, -0.2) is 10.8 Å². The van der Waals surface area contributed by atoms with Crippen LogP contribution in [0.25, 0.3) is 6.08 Å². The van der Waals surface area contributed by atoms with Crippen LogP contribution < -0.4 is 5.32 Å². The van der Waals surface area contributed by atoms with Crippen LogP contribution in [-0.2, 0) is 4.79 Å². The highest BCUT2D eigenvalue weighted by molar-refractivity contribution is 5.92. The summed E-state index contributed by atoms with van der Waals surface area (Å²) in [6, 6.07) is 12.1. The fourth-order valence-electron chi connectivity index (χ4n) is 2.53. The van der Waals surface area contributed by atoms with Gasteiger partial charge in [-0.1, -0.05) is 23.8 Å². The van der Waals surface area contributed by atoms with Crippen LogP contribution in [0.1, 0.15) is 35.2 Å². The summed E-state index contributed by atoms with van der Waals surface area (Å²) >= 11 is 0. The average Bonchev–Trinajstić information content (AvgIpc) is 2.53. The van der Waals surface area contributed by atoms with Gasteiger partial charge in [-0.25, -0.2) is 0 Å². The third kappa shape index (κ3) is 4.52. The molecule has 0 spiro atoms. The fraction of sp³-hybridized carbons (Fsp3) is 0.211. The quantitative estimate of drug-likeness (QED) is 0.511. The molecule has 0 aliphatic heterocycles. The first kappa shape index (κ1) is 17.4. The zero-order chi connectivity index (χ0) is 17.7. The molecule has 2 aromatic carbocycles. The SMILES string of the molecule is Cc1ccc([C@@H](C)NC(=O)/C=C/c2ccc([N+](=O)[O-])cc2)c(C)c1. The molecule has 24 heavy (non-hydrogen) atoms. The lowest BCUT2D eigenvalue weighted by molar-refractivity contribution is -0.384. The Hall–Kier alpha value is -2.95. The van der Waals surface area contributed by atoms with E-state index in [-0.39, 0.29) is 17.6 Å². The Balaban J connectivity index is 2.00. The second-order valence-electron chi connectivity index (χ2n) is 5.77. The van der Waals surface area contributed by atoms with Crippen molar-refractivity contribution >= 4 is 17.7 Å². The van der Waals surface area contributed by atoms with Gasteiger partial charge in [-0.05, 0) is 55.7 Å². The van der Waals surface area contributed by atoms with Gasteiger partial charge < -0.3 is 5.32 Å². The summed E-state index contributed by atoms with van der Waals surface area (Å²) in [4.78, 5) is 22.2. The van der Waals surface area contributed by atoms with Crippen molar-refractivity contribution in [2.75, 3.05) is 0 Å². The van der Waals surface area contributed by atoms with Crippen LogP contribution >= 0.6 is 0 Å². The molecule has 0 radical (unpaired) electrons. The number of rotatable bonds is 5. The standard InChI is InChI=1S/C19H20N2O3/c1-13-4-10-18(14(2)12-13)15(3)20-19(22)11-7-16-5-8-17(9-6-16)21(23)24/h4-12,15H,1-3H3,(H,20,22)/b11-7+/t15-/m1/s1. The molecule has 2 aromatic rings. The summed E-state index contributed by atoms with van der Waals surface area (Å²) in [6.45, 7) is 6.00. The third-order valence-corrected chi connectivity index (χ3v) is 3.78. The Labute approximate surface area is 141 Å². The largest absolute Gasteiger partial charge is 0.346 e. The van der Waals surface area contributed by atoms with Crippen molar-refractivity contribution in [3.05, 3.63) is 80.9 Å². The van der Waals surface area contributed by atoms with Gasteiger partial charge in [0.2, 0.25) is 5.91 Å². The third-order valence-electron chi connectivity index (χ3n) is 3.78. The van der Waals surface area contributed by atoms with Gasteiger partial charge in [-0.3, -0.25) is 14.9 Å². The molecule has 0 saturated carbocycles. The Kier molecular flexibility index (Phi) is 5.47. The molecule has 5 nitrogen and oxygen atoms in total. The predicted octanol–water partition coefficient (Wildman–Crippen LogP) is 4.10. The summed E-state index contributed by atoms with van der Waals surface area (Å²) in [5.41, 5.74) is 4.17. The Morgan fingerprint density at radius 1 is 1.17 bits per heavy atom. The van der Waals surface area contributed by atoms with E-state index in [1.807, 2.05) is 32.9 Å². The lowest BCUT2D eigenvalue weighted by Crippen LogP contribution is -2.25. The molecule has 0 unspecified atom stereocenters. The average molecular weight is 324 g/mol.